The summed E-state index contributed by atoms with van der Waals surface area (Å²) in [6.45, 7) is 8.17. The molecule has 29 heavy (non-hydrogen) atoms. The summed E-state index contributed by atoms with van der Waals surface area (Å²) in [4.78, 5) is 21.6. The van der Waals surface area contributed by atoms with Crippen LogP contribution in [0.4, 0.5) is 0 Å². The average Bonchev–Trinajstić information content (AvgIpc) is 3.03. The Balaban J connectivity index is 1.82. The first-order valence-corrected chi connectivity index (χ1v) is 10.2. The normalized spacial score (nSPS) is 21.9. The molecule has 158 valence electrons. The molecule has 0 radical (unpaired) electrons. The van der Waals surface area contributed by atoms with Gasteiger partial charge in [0.25, 0.3) is 5.88 Å². The van der Waals surface area contributed by atoms with E-state index in [9.17, 15) is 4.79 Å². The van der Waals surface area contributed by atoms with Crippen molar-refractivity contribution >= 4 is 28.6 Å². The number of ether oxygens (including phenoxy) is 3. The number of esters is 1. The van der Waals surface area contributed by atoms with Gasteiger partial charge in [0.05, 0.1) is 18.1 Å². The van der Waals surface area contributed by atoms with E-state index in [2.05, 4.69) is 22.2 Å². The van der Waals surface area contributed by atoms with Crippen molar-refractivity contribution in [2.45, 2.75) is 58.3 Å². The van der Waals surface area contributed by atoms with Gasteiger partial charge in [0.2, 0.25) is 0 Å². The standard InChI is InChI=1S/C21H28ClN3O4/c1-6-7-13-16(11-23-17(13)20(26)29-21(2,3)4)28-19-18(22)24-14-9-8-12(27-5)10-15(14)25-19/h8-10,13,16-17,23H,6-7,11H2,1-5H3/t13-,16+,17+/m1/s1. The molecule has 1 aromatic heterocycles. The Morgan fingerprint density at radius 1 is 1.28 bits per heavy atom. The second-order valence-corrected chi connectivity index (χ2v) is 8.56. The van der Waals surface area contributed by atoms with Crippen molar-refractivity contribution in [1.29, 1.82) is 0 Å². The number of fused-ring (bicyclic) bond motifs is 1. The lowest BCUT2D eigenvalue weighted by Gasteiger charge is -2.26. The van der Waals surface area contributed by atoms with E-state index in [-0.39, 0.29) is 29.0 Å². The molecule has 0 spiro atoms. The lowest BCUT2D eigenvalue weighted by molar-refractivity contribution is -0.158. The summed E-state index contributed by atoms with van der Waals surface area (Å²) >= 11 is 6.32. The number of hydrogen-bond donors (Lipinski definition) is 1. The summed E-state index contributed by atoms with van der Waals surface area (Å²) in [6.07, 6.45) is 1.47. The molecule has 0 aliphatic carbocycles. The SMILES string of the molecule is CCC[C@@H]1[C@@H](Oc2nc3cc(OC)ccc3nc2Cl)CN[C@@H]1C(=O)OC(C)(C)C. The van der Waals surface area contributed by atoms with Crippen LogP contribution in [0.15, 0.2) is 18.2 Å². The molecule has 0 amide bonds. The van der Waals surface area contributed by atoms with Gasteiger partial charge < -0.3 is 19.5 Å². The van der Waals surface area contributed by atoms with Gasteiger partial charge in [-0.1, -0.05) is 24.9 Å². The first-order valence-electron chi connectivity index (χ1n) is 9.86. The molecule has 1 aliphatic heterocycles. The fourth-order valence-electron chi connectivity index (χ4n) is 3.54. The highest BCUT2D eigenvalue weighted by Crippen LogP contribution is 2.31. The van der Waals surface area contributed by atoms with Crippen molar-refractivity contribution in [1.82, 2.24) is 15.3 Å². The van der Waals surface area contributed by atoms with Crippen LogP contribution in [0, 0.1) is 5.92 Å². The quantitative estimate of drug-likeness (QED) is 0.711. The second-order valence-electron chi connectivity index (χ2n) is 8.20. The average molecular weight is 422 g/mol. The van der Waals surface area contributed by atoms with E-state index in [4.69, 9.17) is 25.8 Å². The Morgan fingerprint density at radius 3 is 2.69 bits per heavy atom. The molecule has 3 rings (SSSR count). The lowest BCUT2D eigenvalue weighted by atomic mass is 9.93. The van der Waals surface area contributed by atoms with E-state index >= 15 is 0 Å². The van der Waals surface area contributed by atoms with E-state index in [1.165, 1.54) is 0 Å². The van der Waals surface area contributed by atoms with Crippen molar-refractivity contribution in [3.63, 3.8) is 0 Å². The molecule has 2 aromatic rings. The van der Waals surface area contributed by atoms with Gasteiger partial charge in [-0.3, -0.25) is 4.79 Å². The van der Waals surface area contributed by atoms with E-state index in [1.807, 2.05) is 20.8 Å². The number of benzene rings is 1. The molecule has 2 heterocycles. The topological polar surface area (TPSA) is 82.6 Å². The van der Waals surface area contributed by atoms with Crippen LogP contribution in [-0.2, 0) is 9.53 Å². The summed E-state index contributed by atoms with van der Waals surface area (Å²) in [7, 11) is 1.60. The molecule has 0 saturated carbocycles. The number of aromatic nitrogens is 2. The fourth-order valence-corrected chi connectivity index (χ4v) is 3.72. The molecule has 0 bridgehead atoms. The number of carbonyl (C=O) groups is 1. The zero-order chi connectivity index (χ0) is 21.2. The molecule has 1 N–H and O–H groups in total. The largest absolute Gasteiger partial charge is 0.497 e. The highest BCUT2D eigenvalue weighted by atomic mass is 35.5. The van der Waals surface area contributed by atoms with Crippen LogP contribution in [0.5, 0.6) is 11.6 Å². The van der Waals surface area contributed by atoms with Crippen LogP contribution >= 0.6 is 11.6 Å². The molecule has 1 fully saturated rings. The van der Waals surface area contributed by atoms with Gasteiger partial charge in [0.1, 0.15) is 23.5 Å². The number of halogens is 1. The maximum absolute atomic E-state index is 12.6. The van der Waals surface area contributed by atoms with Gasteiger partial charge in [-0.2, -0.15) is 0 Å². The summed E-state index contributed by atoms with van der Waals surface area (Å²) in [5, 5.41) is 3.44. The minimum atomic E-state index is -0.541. The molecular weight excluding hydrogens is 394 g/mol. The van der Waals surface area contributed by atoms with Crippen molar-refractivity contribution in [2.24, 2.45) is 5.92 Å². The zero-order valence-electron chi connectivity index (χ0n) is 17.5. The lowest BCUT2D eigenvalue weighted by Crippen LogP contribution is -2.41. The van der Waals surface area contributed by atoms with Gasteiger partial charge in [0.15, 0.2) is 5.15 Å². The van der Waals surface area contributed by atoms with E-state index in [0.717, 1.165) is 12.8 Å². The van der Waals surface area contributed by atoms with Gasteiger partial charge in [-0.15, -0.1) is 0 Å². The molecule has 1 aliphatic rings. The van der Waals surface area contributed by atoms with Crippen molar-refractivity contribution in [2.75, 3.05) is 13.7 Å². The van der Waals surface area contributed by atoms with Crippen LogP contribution in [0.1, 0.15) is 40.5 Å². The van der Waals surface area contributed by atoms with Gasteiger partial charge in [-0.25, -0.2) is 9.97 Å². The molecule has 1 saturated heterocycles. The van der Waals surface area contributed by atoms with Crippen LogP contribution in [-0.4, -0.2) is 47.3 Å². The molecular formula is C21H28ClN3O4. The number of nitrogens with zero attached hydrogens (tertiary/aromatic N) is 2. The Labute approximate surface area is 176 Å². The third-order valence-corrected chi connectivity index (χ3v) is 5.04. The first-order chi connectivity index (χ1) is 13.7. The zero-order valence-corrected chi connectivity index (χ0v) is 18.2. The van der Waals surface area contributed by atoms with Crippen LogP contribution in [0.2, 0.25) is 5.15 Å². The number of methoxy groups -OCH3 is 1. The Bertz CT molecular complexity index is 884. The van der Waals surface area contributed by atoms with Gasteiger partial charge >= 0.3 is 5.97 Å². The third kappa shape index (κ3) is 5.08. The Morgan fingerprint density at radius 2 is 2.03 bits per heavy atom. The smallest absolute Gasteiger partial charge is 0.324 e. The van der Waals surface area contributed by atoms with Crippen molar-refractivity contribution in [3.8, 4) is 11.6 Å². The van der Waals surface area contributed by atoms with Gasteiger partial charge in [0, 0.05) is 18.5 Å². The van der Waals surface area contributed by atoms with E-state index in [0.29, 0.717) is 23.3 Å². The maximum Gasteiger partial charge on any atom is 0.324 e. The molecule has 0 unspecified atom stereocenters. The second kappa shape index (κ2) is 8.71. The molecule has 7 nitrogen and oxygen atoms in total. The van der Waals surface area contributed by atoms with Crippen LogP contribution in [0.25, 0.3) is 11.0 Å². The van der Waals surface area contributed by atoms with Crippen LogP contribution < -0.4 is 14.8 Å². The molecule has 1 aromatic carbocycles. The number of rotatable bonds is 6. The first kappa shape index (κ1) is 21.6. The van der Waals surface area contributed by atoms with Crippen molar-refractivity contribution in [3.05, 3.63) is 23.4 Å². The highest BCUT2D eigenvalue weighted by molar-refractivity contribution is 6.31. The Hall–Kier alpha value is -2.12. The molecule has 3 atom stereocenters. The predicted molar refractivity (Wildman–Crippen MR) is 112 cm³/mol. The maximum atomic E-state index is 12.6. The van der Waals surface area contributed by atoms with E-state index < -0.39 is 11.6 Å². The number of hydrogen-bond acceptors (Lipinski definition) is 7. The number of carbonyl (C=O) groups excluding carboxylic acids is 1. The van der Waals surface area contributed by atoms with Gasteiger partial charge in [-0.05, 0) is 39.3 Å². The summed E-state index contributed by atoms with van der Waals surface area (Å²) in [6, 6.07) is 4.96. The summed E-state index contributed by atoms with van der Waals surface area (Å²) < 4.78 is 17.0. The predicted octanol–water partition coefficient (Wildman–Crippen LogP) is 3.77. The fraction of sp³-hybridized carbons (Fsp3) is 0.571. The van der Waals surface area contributed by atoms with Crippen molar-refractivity contribution < 1.29 is 19.0 Å². The highest BCUT2D eigenvalue weighted by Gasteiger charge is 2.43. The molecule has 8 heteroatoms. The third-order valence-electron chi connectivity index (χ3n) is 4.79. The monoisotopic (exact) mass is 421 g/mol. The van der Waals surface area contributed by atoms with E-state index in [1.54, 1.807) is 25.3 Å². The number of nitrogens with one attached hydrogen (secondary N) is 1. The summed E-state index contributed by atoms with van der Waals surface area (Å²) in [5.74, 6) is 0.623. The minimum Gasteiger partial charge on any atom is -0.497 e. The Kier molecular flexibility index (Phi) is 6.49. The van der Waals surface area contributed by atoms with Crippen LogP contribution in [0.3, 0.4) is 0 Å². The summed E-state index contributed by atoms with van der Waals surface area (Å²) in [5.41, 5.74) is 0.746. The minimum absolute atomic E-state index is 0.0475.